The summed E-state index contributed by atoms with van der Waals surface area (Å²) in [6.07, 6.45) is 5.04. The largest absolute Gasteiger partial charge is 0.351 e. The lowest BCUT2D eigenvalue weighted by atomic mass is 9.90. The van der Waals surface area contributed by atoms with Crippen molar-refractivity contribution in [1.29, 1.82) is 0 Å². The molecule has 4 rings (SSSR count). The van der Waals surface area contributed by atoms with Crippen molar-refractivity contribution in [3.8, 4) is 0 Å². The zero-order chi connectivity index (χ0) is 25.4. The third-order valence-corrected chi connectivity index (χ3v) is 9.25. The van der Waals surface area contributed by atoms with Crippen LogP contribution in [-0.4, -0.2) is 49.2 Å². The van der Waals surface area contributed by atoms with Crippen LogP contribution in [0.25, 0.3) is 0 Å². The van der Waals surface area contributed by atoms with Crippen molar-refractivity contribution in [2.45, 2.75) is 76.3 Å². The maximum absolute atomic E-state index is 13.8. The molecule has 1 N–H and O–H groups in total. The number of aryl methyl sites for hydroxylation is 2. The van der Waals surface area contributed by atoms with E-state index in [0.717, 1.165) is 53.1 Å². The second-order valence-corrected chi connectivity index (χ2v) is 12.1. The van der Waals surface area contributed by atoms with Crippen LogP contribution in [0.5, 0.6) is 0 Å². The van der Waals surface area contributed by atoms with Crippen LogP contribution < -0.4 is 10.2 Å². The Hall–Kier alpha value is -2.71. The normalized spacial score (nSPS) is 22.3. The first-order chi connectivity index (χ1) is 16.5. The minimum atomic E-state index is -3.97. The standard InChI is InChI=1S/C27H35N3O4S/c1-19-13-15-23(16-14-19)35(33,34)29-17-25(31)30(24-12-8-9-20(2)21(24)3)27(4,18-29)26(32)28-22-10-6-5-7-11-22/h8-9,12-16,22H,5-7,10-11,17-18H2,1-4H3,(H,28,32). The Morgan fingerprint density at radius 1 is 1.00 bits per heavy atom. The molecule has 0 aromatic heterocycles. The van der Waals surface area contributed by atoms with Gasteiger partial charge < -0.3 is 5.32 Å². The van der Waals surface area contributed by atoms with Gasteiger partial charge in [0.2, 0.25) is 21.8 Å². The quantitative estimate of drug-likeness (QED) is 0.680. The minimum Gasteiger partial charge on any atom is -0.351 e. The first kappa shape index (κ1) is 25.4. The van der Waals surface area contributed by atoms with Gasteiger partial charge in [0.25, 0.3) is 0 Å². The topological polar surface area (TPSA) is 86.8 Å². The van der Waals surface area contributed by atoms with E-state index >= 15 is 0 Å². The van der Waals surface area contributed by atoms with E-state index < -0.39 is 21.5 Å². The van der Waals surface area contributed by atoms with Crippen LogP contribution in [0.15, 0.2) is 47.4 Å². The van der Waals surface area contributed by atoms with Gasteiger partial charge in [-0.25, -0.2) is 8.42 Å². The molecular weight excluding hydrogens is 462 g/mol. The Morgan fingerprint density at radius 2 is 1.66 bits per heavy atom. The third kappa shape index (κ3) is 4.86. The van der Waals surface area contributed by atoms with Crippen molar-refractivity contribution >= 4 is 27.5 Å². The average molecular weight is 498 g/mol. The van der Waals surface area contributed by atoms with E-state index in [1.54, 1.807) is 31.2 Å². The molecule has 1 aliphatic heterocycles. The Bertz CT molecular complexity index is 1220. The van der Waals surface area contributed by atoms with Crippen LogP contribution in [0.4, 0.5) is 5.69 Å². The van der Waals surface area contributed by atoms with Gasteiger partial charge in [0.1, 0.15) is 5.54 Å². The Morgan fingerprint density at radius 3 is 2.31 bits per heavy atom. The number of hydrogen-bond donors (Lipinski definition) is 1. The highest BCUT2D eigenvalue weighted by Crippen LogP contribution is 2.35. The molecule has 2 aliphatic rings. The number of piperazine rings is 1. The van der Waals surface area contributed by atoms with Crippen molar-refractivity contribution in [2.75, 3.05) is 18.0 Å². The summed E-state index contributed by atoms with van der Waals surface area (Å²) < 4.78 is 28.2. The summed E-state index contributed by atoms with van der Waals surface area (Å²) in [6, 6.07) is 12.2. The van der Waals surface area contributed by atoms with Crippen LogP contribution in [0.1, 0.15) is 55.7 Å². The minimum absolute atomic E-state index is 0.0349. The van der Waals surface area contributed by atoms with E-state index in [-0.39, 0.29) is 29.9 Å². The molecule has 0 bridgehead atoms. The fourth-order valence-corrected chi connectivity index (χ4v) is 6.62. The molecule has 1 aliphatic carbocycles. The molecule has 1 heterocycles. The molecule has 1 saturated carbocycles. The Labute approximate surface area is 208 Å². The van der Waals surface area contributed by atoms with Gasteiger partial charge in [0, 0.05) is 18.3 Å². The number of nitrogens with zero attached hydrogens (tertiary/aromatic N) is 2. The van der Waals surface area contributed by atoms with Gasteiger partial charge in [-0.1, -0.05) is 49.1 Å². The summed E-state index contributed by atoms with van der Waals surface area (Å²) in [6.45, 7) is 7.00. The average Bonchev–Trinajstić information content (AvgIpc) is 2.82. The van der Waals surface area contributed by atoms with Crippen LogP contribution in [-0.2, 0) is 19.6 Å². The van der Waals surface area contributed by atoms with Crippen molar-refractivity contribution in [3.05, 3.63) is 59.2 Å². The molecule has 1 saturated heterocycles. The van der Waals surface area contributed by atoms with Crippen molar-refractivity contribution in [2.24, 2.45) is 0 Å². The van der Waals surface area contributed by atoms with Gasteiger partial charge in [-0.05, 0) is 69.9 Å². The maximum Gasteiger partial charge on any atom is 0.247 e. The second kappa shape index (κ2) is 9.74. The summed E-state index contributed by atoms with van der Waals surface area (Å²) >= 11 is 0. The molecule has 1 unspecified atom stereocenters. The molecule has 0 spiro atoms. The van der Waals surface area contributed by atoms with Gasteiger partial charge in [0.15, 0.2) is 0 Å². The zero-order valence-corrected chi connectivity index (χ0v) is 21.8. The smallest absolute Gasteiger partial charge is 0.247 e. The van der Waals surface area contributed by atoms with Crippen molar-refractivity contribution in [3.63, 3.8) is 0 Å². The lowest BCUT2D eigenvalue weighted by Crippen LogP contribution is -2.71. The molecule has 2 aromatic carbocycles. The fraction of sp³-hybridized carbons (Fsp3) is 0.481. The molecular formula is C27H35N3O4S. The van der Waals surface area contributed by atoms with E-state index in [4.69, 9.17) is 0 Å². The van der Waals surface area contributed by atoms with Crippen LogP contribution in [0.2, 0.25) is 0 Å². The van der Waals surface area contributed by atoms with Gasteiger partial charge in [-0.2, -0.15) is 4.31 Å². The number of carbonyl (C=O) groups excluding carboxylic acids is 2. The first-order valence-corrected chi connectivity index (χ1v) is 13.7. The number of anilines is 1. The first-order valence-electron chi connectivity index (χ1n) is 12.3. The van der Waals surface area contributed by atoms with Gasteiger partial charge in [-0.3, -0.25) is 14.5 Å². The van der Waals surface area contributed by atoms with Crippen LogP contribution >= 0.6 is 0 Å². The maximum atomic E-state index is 13.8. The summed E-state index contributed by atoms with van der Waals surface area (Å²) in [7, 11) is -3.97. The van der Waals surface area contributed by atoms with E-state index in [2.05, 4.69) is 5.32 Å². The fourth-order valence-electron chi connectivity index (χ4n) is 5.14. The van der Waals surface area contributed by atoms with E-state index in [1.807, 2.05) is 39.0 Å². The predicted octanol–water partition coefficient (Wildman–Crippen LogP) is 3.86. The van der Waals surface area contributed by atoms with Crippen molar-refractivity contribution < 1.29 is 18.0 Å². The highest BCUT2D eigenvalue weighted by atomic mass is 32.2. The number of carbonyl (C=O) groups is 2. The number of rotatable bonds is 5. The highest BCUT2D eigenvalue weighted by Gasteiger charge is 2.51. The highest BCUT2D eigenvalue weighted by molar-refractivity contribution is 7.89. The summed E-state index contributed by atoms with van der Waals surface area (Å²) in [5.41, 5.74) is 2.08. The molecule has 7 nitrogen and oxygen atoms in total. The van der Waals surface area contributed by atoms with Crippen LogP contribution in [0.3, 0.4) is 0 Å². The molecule has 188 valence electrons. The Balaban J connectivity index is 1.75. The predicted molar refractivity (Wildman–Crippen MR) is 137 cm³/mol. The molecule has 8 heteroatoms. The summed E-state index contributed by atoms with van der Waals surface area (Å²) in [4.78, 5) is 29.1. The van der Waals surface area contributed by atoms with E-state index in [1.165, 1.54) is 4.90 Å². The molecule has 1 atom stereocenters. The monoisotopic (exact) mass is 497 g/mol. The van der Waals surface area contributed by atoms with Gasteiger partial charge >= 0.3 is 0 Å². The number of sulfonamides is 1. The summed E-state index contributed by atoms with van der Waals surface area (Å²) in [5.74, 6) is -0.732. The molecule has 0 radical (unpaired) electrons. The molecule has 2 aromatic rings. The Kier molecular flexibility index (Phi) is 7.06. The number of amides is 2. The molecule has 35 heavy (non-hydrogen) atoms. The van der Waals surface area contributed by atoms with E-state index in [9.17, 15) is 18.0 Å². The lowest BCUT2D eigenvalue weighted by Gasteiger charge is -2.47. The number of hydrogen-bond acceptors (Lipinski definition) is 4. The van der Waals surface area contributed by atoms with Gasteiger partial charge in [-0.15, -0.1) is 0 Å². The number of nitrogens with one attached hydrogen (secondary N) is 1. The zero-order valence-electron chi connectivity index (χ0n) is 21.0. The van der Waals surface area contributed by atoms with E-state index in [0.29, 0.717) is 5.69 Å². The molecule has 2 fully saturated rings. The van der Waals surface area contributed by atoms with Gasteiger partial charge in [0.05, 0.1) is 11.4 Å². The second-order valence-electron chi connectivity index (χ2n) is 10.1. The number of benzene rings is 2. The summed E-state index contributed by atoms with van der Waals surface area (Å²) in [5, 5.41) is 3.15. The van der Waals surface area contributed by atoms with Crippen LogP contribution in [0, 0.1) is 20.8 Å². The third-order valence-electron chi connectivity index (χ3n) is 7.44. The van der Waals surface area contributed by atoms with Crippen molar-refractivity contribution in [1.82, 2.24) is 9.62 Å². The molecule has 2 amide bonds. The SMILES string of the molecule is Cc1ccc(S(=O)(=O)N2CC(=O)N(c3cccc(C)c3C)C(C)(C(=O)NC3CCCCC3)C2)cc1. The lowest BCUT2D eigenvalue weighted by molar-refractivity contribution is -0.133.